The molecule has 10 heteroatoms. The van der Waals surface area contributed by atoms with Gasteiger partial charge in [0.05, 0.1) is 12.8 Å². The molecule has 3 aliphatic rings. The molecule has 1 heterocycles. The summed E-state index contributed by atoms with van der Waals surface area (Å²) in [5.74, 6) is -0.201. The first kappa shape index (κ1) is 28.5. The van der Waals surface area contributed by atoms with Crippen molar-refractivity contribution in [3.05, 3.63) is 89.7 Å². The molecule has 2 bridgehead atoms. The molecule has 2 amide bonds. The van der Waals surface area contributed by atoms with Crippen LogP contribution in [0.4, 0.5) is 4.79 Å². The normalized spacial score (nSPS) is 22.3. The molecule has 41 heavy (non-hydrogen) atoms. The van der Waals surface area contributed by atoms with Crippen molar-refractivity contribution in [2.75, 3.05) is 7.11 Å². The number of alkyl carbamates (subject to hydrolysis) is 1. The number of fused-ring (bicyclic) bond motifs is 3. The van der Waals surface area contributed by atoms with Crippen LogP contribution in [-0.2, 0) is 16.0 Å². The Labute approximate surface area is 245 Å². The fourth-order valence-corrected chi connectivity index (χ4v) is 6.25. The van der Waals surface area contributed by atoms with Gasteiger partial charge in [-0.1, -0.05) is 60.7 Å². The summed E-state index contributed by atoms with van der Waals surface area (Å²) in [7, 11) is 1.39. The Kier molecular flexibility index (Phi) is 8.54. The van der Waals surface area contributed by atoms with E-state index in [0.29, 0.717) is 17.9 Å². The molecule has 0 radical (unpaired) electrons. The van der Waals surface area contributed by atoms with Crippen LogP contribution in [0.1, 0.15) is 56.1 Å². The number of aromatic nitrogens is 4. The Hall–Kier alpha value is -3.98. The van der Waals surface area contributed by atoms with Crippen LogP contribution in [0.2, 0.25) is 5.02 Å². The minimum Gasteiger partial charge on any atom is -0.453 e. The lowest BCUT2D eigenvalue weighted by Crippen LogP contribution is -2.64. The molecule has 9 nitrogen and oxygen atoms in total. The van der Waals surface area contributed by atoms with Crippen molar-refractivity contribution in [3.63, 3.8) is 0 Å². The number of carbonyl (C=O) groups excluding carboxylic acids is 2. The van der Waals surface area contributed by atoms with Gasteiger partial charge in [0, 0.05) is 27.6 Å². The van der Waals surface area contributed by atoms with Crippen LogP contribution in [0.25, 0.3) is 11.3 Å². The van der Waals surface area contributed by atoms with Gasteiger partial charge in [-0.15, -0.1) is 5.10 Å². The van der Waals surface area contributed by atoms with E-state index in [2.05, 4.69) is 44.9 Å². The zero-order valence-electron chi connectivity index (χ0n) is 23.2. The molecule has 0 saturated heterocycles. The standard InChI is InChI=1S/C31H35ClN6O3/c1-22(26-20-25(32)11-12-27(26)38-21-33-36-37-38)7-6-10-24(19-23-8-4-3-5-9-23)28(39)34-30-13-16-31(17-14-30,18-15-30)35-29(40)41-2/h3-9,11-12,20-21,24H,1,10,13-19H2,2H3,(H,34,39)(H,35,40)/b7-6-. The number of tetrazole rings is 1. The lowest BCUT2D eigenvalue weighted by molar-refractivity contribution is -0.128. The van der Waals surface area contributed by atoms with E-state index < -0.39 is 0 Å². The number of hydrogen-bond acceptors (Lipinski definition) is 6. The number of amides is 2. The van der Waals surface area contributed by atoms with E-state index in [-0.39, 0.29) is 29.0 Å². The number of benzene rings is 2. The van der Waals surface area contributed by atoms with E-state index in [9.17, 15) is 9.59 Å². The monoisotopic (exact) mass is 574 g/mol. The Morgan fingerprint density at radius 1 is 1.07 bits per heavy atom. The van der Waals surface area contributed by atoms with Crippen molar-refractivity contribution in [2.24, 2.45) is 5.92 Å². The maximum Gasteiger partial charge on any atom is 0.407 e. The molecule has 1 unspecified atom stereocenters. The summed E-state index contributed by atoms with van der Waals surface area (Å²) in [5.41, 5.74) is 2.95. The molecular weight excluding hydrogens is 540 g/mol. The number of halogens is 1. The van der Waals surface area contributed by atoms with Crippen LogP contribution >= 0.6 is 11.6 Å². The van der Waals surface area contributed by atoms with Gasteiger partial charge in [-0.2, -0.15) is 4.68 Å². The maximum absolute atomic E-state index is 13.8. The largest absolute Gasteiger partial charge is 0.453 e. The molecule has 3 aromatic rings. The first-order chi connectivity index (χ1) is 19.8. The molecule has 1 aromatic heterocycles. The predicted octanol–water partition coefficient (Wildman–Crippen LogP) is 5.45. The molecule has 3 fully saturated rings. The van der Waals surface area contributed by atoms with Crippen molar-refractivity contribution in [1.29, 1.82) is 0 Å². The highest BCUT2D eigenvalue weighted by Gasteiger charge is 2.50. The van der Waals surface area contributed by atoms with Crippen LogP contribution in [0.5, 0.6) is 0 Å². The molecule has 0 spiro atoms. The summed E-state index contributed by atoms with van der Waals surface area (Å²) in [4.78, 5) is 25.7. The van der Waals surface area contributed by atoms with Crippen LogP contribution in [-0.4, -0.2) is 50.4 Å². The fraction of sp³-hybridized carbons (Fsp3) is 0.387. The molecule has 1 atom stereocenters. The minimum atomic E-state index is -0.386. The molecule has 6 rings (SSSR count). The number of methoxy groups -OCH3 is 1. The van der Waals surface area contributed by atoms with Gasteiger partial charge in [0.15, 0.2) is 0 Å². The van der Waals surface area contributed by atoms with Crippen molar-refractivity contribution >= 4 is 29.2 Å². The van der Waals surface area contributed by atoms with Gasteiger partial charge in [-0.3, -0.25) is 4.79 Å². The van der Waals surface area contributed by atoms with Crippen LogP contribution in [0, 0.1) is 5.92 Å². The zero-order chi connectivity index (χ0) is 28.9. The van der Waals surface area contributed by atoms with Crippen molar-refractivity contribution in [3.8, 4) is 5.69 Å². The van der Waals surface area contributed by atoms with E-state index in [1.807, 2.05) is 42.5 Å². The summed E-state index contributed by atoms with van der Waals surface area (Å²) < 4.78 is 6.41. The Bertz CT molecular complexity index is 1400. The SMILES string of the molecule is C=C(/C=C\CC(Cc1ccccc1)C(=O)NC12CCC(NC(=O)OC)(CC1)CC2)c1cc(Cl)ccc1-n1cnnn1. The van der Waals surface area contributed by atoms with E-state index >= 15 is 0 Å². The molecule has 214 valence electrons. The molecule has 2 aromatic carbocycles. The van der Waals surface area contributed by atoms with Gasteiger partial charge in [0.25, 0.3) is 0 Å². The lowest BCUT2D eigenvalue weighted by Gasteiger charge is -2.53. The van der Waals surface area contributed by atoms with Crippen molar-refractivity contribution in [2.45, 2.75) is 62.4 Å². The van der Waals surface area contributed by atoms with Gasteiger partial charge >= 0.3 is 6.09 Å². The Balaban J connectivity index is 1.29. The predicted molar refractivity (Wildman–Crippen MR) is 157 cm³/mol. The van der Waals surface area contributed by atoms with E-state index in [1.54, 1.807) is 10.7 Å². The maximum atomic E-state index is 13.8. The van der Waals surface area contributed by atoms with Crippen LogP contribution in [0.3, 0.4) is 0 Å². The lowest BCUT2D eigenvalue weighted by atomic mass is 9.61. The second kappa shape index (κ2) is 12.3. The Morgan fingerprint density at radius 3 is 2.39 bits per heavy atom. The van der Waals surface area contributed by atoms with Crippen molar-refractivity contribution in [1.82, 2.24) is 30.8 Å². The molecule has 3 saturated carbocycles. The fourth-order valence-electron chi connectivity index (χ4n) is 6.07. The smallest absolute Gasteiger partial charge is 0.407 e. The number of rotatable bonds is 10. The number of nitrogens with zero attached hydrogens (tertiary/aromatic N) is 4. The van der Waals surface area contributed by atoms with Crippen LogP contribution < -0.4 is 10.6 Å². The second-order valence-electron chi connectivity index (χ2n) is 11.1. The molecule has 0 aliphatic heterocycles. The summed E-state index contributed by atoms with van der Waals surface area (Å²) in [6.07, 6.45) is 11.2. The highest BCUT2D eigenvalue weighted by Crippen LogP contribution is 2.47. The van der Waals surface area contributed by atoms with E-state index in [4.69, 9.17) is 16.3 Å². The number of ether oxygens (including phenoxy) is 1. The zero-order valence-corrected chi connectivity index (χ0v) is 23.9. The van der Waals surface area contributed by atoms with Gasteiger partial charge in [-0.25, -0.2) is 4.79 Å². The Morgan fingerprint density at radius 2 is 1.76 bits per heavy atom. The topological polar surface area (TPSA) is 111 Å². The number of carbonyl (C=O) groups is 2. The molecule has 2 N–H and O–H groups in total. The summed E-state index contributed by atoms with van der Waals surface area (Å²) in [6, 6.07) is 15.5. The number of hydrogen-bond donors (Lipinski definition) is 2. The number of allylic oxidation sites excluding steroid dienone is 3. The highest BCUT2D eigenvalue weighted by atomic mass is 35.5. The average molecular weight is 575 g/mol. The average Bonchev–Trinajstić information content (AvgIpc) is 3.53. The third-order valence-corrected chi connectivity index (χ3v) is 8.76. The van der Waals surface area contributed by atoms with Crippen LogP contribution in [0.15, 0.2) is 73.6 Å². The van der Waals surface area contributed by atoms with E-state index in [1.165, 1.54) is 13.4 Å². The third kappa shape index (κ3) is 6.68. The molecular formula is C31H35ClN6O3. The van der Waals surface area contributed by atoms with Gasteiger partial charge in [0.2, 0.25) is 5.91 Å². The van der Waals surface area contributed by atoms with Crippen molar-refractivity contribution < 1.29 is 14.3 Å². The molecule has 3 aliphatic carbocycles. The van der Waals surface area contributed by atoms with Gasteiger partial charge < -0.3 is 15.4 Å². The van der Waals surface area contributed by atoms with Gasteiger partial charge in [0.1, 0.15) is 6.33 Å². The summed E-state index contributed by atoms with van der Waals surface area (Å²) in [5, 5.41) is 18.5. The number of nitrogens with one attached hydrogen (secondary N) is 2. The highest BCUT2D eigenvalue weighted by molar-refractivity contribution is 6.30. The minimum absolute atomic E-state index is 0.0524. The van der Waals surface area contributed by atoms with Gasteiger partial charge in [-0.05, 0) is 91.1 Å². The summed E-state index contributed by atoms with van der Waals surface area (Å²) >= 11 is 6.30. The second-order valence-corrected chi connectivity index (χ2v) is 11.6. The van der Waals surface area contributed by atoms with E-state index in [0.717, 1.165) is 60.9 Å². The first-order valence-electron chi connectivity index (χ1n) is 13.9. The first-order valence-corrected chi connectivity index (χ1v) is 14.3. The third-order valence-electron chi connectivity index (χ3n) is 8.52. The summed E-state index contributed by atoms with van der Waals surface area (Å²) in [6.45, 7) is 4.25. The quantitative estimate of drug-likeness (QED) is 0.311.